The molecule has 3 unspecified atom stereocenters. The Morgan fingerprint density at radius 2 is 2.17 bits per heavy atom. The van der Waals surface area contributed by atoms with Crippen LogP contribution in [0.2, 0.25) is 0 Å². The van der Waals surface area contributed by atoms with Crippen LogP contribution in [0.15, 0.2) is 33.9 Å². The predicted molar refractivity (Wildman–Crippen MR) is 94.5 cm³/mol. The lowest BCUT2D eigenvalue weighted by molar-refractivity contribution is -0.152. The smallest absolute Gasteiger partial charge is 0.312 e. The molecule has 0 saturated heterocycles. The van der Waals surface area contributed by atoms with Gasteiger partial charge in [-0.3, -0.25) is 4.79 Å². The third-order valence-corrected chi connectivity index (χ3v) is 5.48. The number of carboxylic acids is 1. The molecule has 0 aliphatic carbocycles. The van der Waals surface area contributed by atoms with Gasteiger partial charge in [0.25, 0.3) is 0 Å². The Morgan fingerprint density at radius 3 is 2.67 bits per heavy atom. The third-order valence-electron chi connectivity index (χ3n) is 4.79. The van der Waals surface area contributed by atoms with Crippen LogP contribution in [0, 0.1) is 23.7 Å². The molecular formula is C18H21BrN2O3. The van der Waals surface area contributed by atoms with Gasteiger partial charge in [0.05, 0.1) is 29.7 Å². The molecule has 0 amide bonds. The normalized spacial score (nSPS) is 26.7. The number of rotatable bonds is 4. The van der Waals surface area contributed by atoms with Crippen molar-refractivity contribution >= 4 is 21.9 Å². The molecule has 1 aromatic carbocycles. The van der Waals surface area contributed by atoms with E-state index in [0.717, 1.165) is 15.6 Å². The highest BCUT2D eigenvalue weighted by Gasteiger charge is 2.53. The van der Waals surface area contributed by atoms with E-state index >= 15 is 0 Å². The van der Waals surface area contributed by atoms with E-state index in [4.69, 9.17) is 4.74 Å². The van der Waals surface area contributed by atoms with Crippen molar-refractivity contribution in [2.24, 2.45) is 5.41 Å². The molecule has 0 saturated carbocycles. The minimum Gasteiger partial charge on any atom is -0.481 e. The maximum absolute atomic E-state index is 12.2. The number of allylic oxidation sites excluding steroid dienone is 2. The lowest BCUT2D eigenvalue weighted by Crippen LogP contribution is -2.57. The molecule has 128 valence electrons. The predicted octanol–water partition coefficient (Wildman–Crippen LogP) is 3.35. The van der Waals surface area contributed by atoms with Crippen LogP contribution in [0.4, 0.5) is 0 Å². The molecular weight excluding hydrogens is 372 g/mol. The summed E-state index contributed by atoms with van der Waals surface area (Å²) in [4.78, 5) is 12.2. The van der Waals surface area contributed by atoms with Crippen molar-refractivity contribution < 1.29 is 14.6 Å². The largest absolute Gasteiger partial charge is 0.481 e. The topological polar surface area (TPSA) is 82.3 Å². The summed E-state index contributed by atoms with van der Waals surface area (Å²) in [5, 5.41) is 22.9. The fraction of sp³-hybridized carbons (Fsp3) is 0.444. The van der Waals surface area contributed by atoms with E-state index in [1.54, 1.807) is 21.0 Å². The molecule has 0 spiro atoms. The van der Waals surface area contributed by atoms with Crippen molar-refractivity contribution in [3.63, 3.8) is 0 Å². The average molecular weight is 393 g/mol. The van der Waals surface area contributed by atoms with E-state index in [9.17, 15) is 15.2 Å². The second-order valence-electron chi connectivity index (χ2n) is 6.35. The maximum atomic E-state index is 12.2. The molecule has 1 heterocycles. The third kappa shape index (κ3) is 2.94. The summed E-state index contributed by atoms with van der Waals surface area (Å²) in [6.07, 6.45) is 0. The van der Waals surface area contributed by atoms with Gasteiger partial charge in [0.1, 0.15) is 0 Å². The van der Waals surface area contributed by atoms with Gasteiger partial charge in [-0.2, -0.15) is 5.26 Å². The van der Waals surface area contributed by atoms with Gasteiger partial charge in [0.15, 0.2) is 0 Å². The van der Waals surface area contributed by atoms with Gasteiger partial charge in [-0.05, 0) is 38.0 Å². The van der Waals surface area contributed by atoms with Crippen molar-refractivity contribution in [2.45, 2.75) is 32.7 Å². The Labute approximate surface area is 150 Å². The van der Waals surface area contributed by atoms with Crippen LogP contribution in [0.5, 0.6) is 0 Å². The van der Waals surface area contributed by atoms with Crippen LogP contribution >= 0.6 is 15.9 Å². The quantitative estimate of drug-likeness (QED) is 0.820. The van der Waals surface area contributed by atoms with Crippen molar-refractivity contribution in [1.82, 2.24) is 5.32 Å². The highest BCUT2D eigenvalue weighted by atomic mass is 79.9. The number of benzene rings is 1. The average Bonchev–Trinajstić information content (AvgIpc) is 2.51. The molecule has 1 aliphatic rings. The number of methoxy groups -OCH3 is 1. The highest BCUT2D eigenvalue weighted by molar-refractivity contribution is 9.10. The Hall–Kier alpha value is -1.84. The SMILES string of the molecule is COCC1NC(C)=C(C#N)C(c2ccc(C)cc2Br)C1(C)C(=O)O. The van der Waals surface area contributed by atoms with Crippen LogP contribution in [0.3, 0.4) is 0 Å². The number of aliphatic carboxylic acids is 1. The molecule has 1 aromatic rings. The number of nitrogens with one attached hydrogen (secondary N) is 1. The summed E-state index contributed by atoms with van der Waals surface area (Å²) in [5.74, 6) is -1.54. The second-order valence-corrected chi connectivity index (χ2v) is 7.20. The van der Waals surface area contributed by atoms with Crippen molar-refractivity contribution in [1.29, 1.82) is 5.26 Å². The molecule has 0 fully saturated rings. The number of nitriles is 1. The van der Waals surface area contributed by atoms with Crippen LogP contribution in [0.25, 0.3) is 0 Å². The summed E-state index contributed by atoms with van der Waals surface area (Å²) >= 11 is 3.54. The number of hydrogen-bond donors (Lipinski definition) is 2. The molecule has 2 rings (SSSR count). The lowest BCUT2D eigenvalue weighted by Gasteiger charge is -2.45. The lowest BCUT2D eigenvalue weighted by atomic mass is 9.63. The minimum absolute atomic E-state index is 0.235. The van der Waals surface area contributed by atoms with E-state index in [-0.39, 0.29) is 6.61 Å². The zero-order valence-electron chi connectivity index (χ0n) is 14.2. The Bertz CT molecular complexity index is 738. The molecule has 6 heteroatoms. The first-order chi connectivity index (χ1) is 11.3. The number of aryl methyl sites for hydroxylation is 1. The summed E-state index contributed by atoms with van der Waals surface area (Å²) in [5.41, 5.74) is 1.76. The van der Waals surface area contributed by atoms with Crippen molar-refractivity contribution in [2.75, 3.05) is 13.7 Å². The van der Waals surface area contributed by atoms with Gasteiger partial charge in [-0.1, -0.05) is 28.1 Å². The van der Waals surface area contributed by atoms with Crippen LogP contribution in [0.1, 0.15) is 30.9 Å². The maximum Gasteiger partial charge on any atom is 0.312 e. The molecule has 0 bridgehead atoms. The fourth-order valence-electron chi connectivity index (χ4n) is 3.35. The van der Waals surface area contributed by atoms with Crippen molar-refractivity contribution in [3.8, 4) is 6.07 Å². The van der Waals surface area contributed by atoms with Gasteiger partial charge >= 0.3 is 5.97 Å². The molecule has 2 N–H and O–H groups in total. The summed E-state index contributed by atoms with van der Waals surface area (Å²) in [7, 11) is 1.54. The number of hydrogen-bond acceptors (Lipinski definition) is 4. The van der Waals surface area contributed by atoms with E-state index < -0.39 is 23.3 Å². The summed E-state index contributed by atoms with van der Waals surface area (Å²) < 4.78 is 6.04. The molecule has 1 aliphatic heterocycles. The van der Waals surface area contributed by atoms with Gasteiger partial charge in [0.2, 0.25) is 0 Å². The molecule has 5 nitrogen and oxygen atoms in total. The van der Waals surface area contributed by atoms with E-state index in [2.05, 4.69) is 27.3 Å². The van der Waals surface area contributed by atoms with Gasteiger partial charge < -0.3 is 15.2 Å². The minimum atomic E-state index is -1.22. The Balaban J connectivity index is 2.75. The van der Waals surface area contributed by atoms with Gasteiger partial charge in [-0.15, -0.1) is 0 Å². The number of carboxylic acid groups (broad SMARTS) is 1. The van der Waals surface area contributed by atoms with Gasteiger partial charge in [-0.25, -0.2) is 0 Å². The Morgan fingerprint density at radius 1 is 1.50 bits per heavy atom. The first-order valence-corrected chi connectivity index (χ1v) is 8.42. The van der Waals surface area contributed by atoms with Crippen LogP contribution in [-0.2, 0) is 9.53 Å². The monoisotopic (exact) mass is 392 g/mol. The highest BCUT2D eigenvalue weighted by Crippen LogP contribution is 2.49. The summed E-state index contributed by atoms with van der Waals surface area (Å²) in [6.45, 7) is 5.68. The standard InChI is InChI=1S/C18H21BrN2O3/c1-10-5-6-12(14(19)7-10)16-13(8-20)11(2)21-15(9-24-4)18(16,3)17(22)23/h5-7,15-16,21H,9H2,1-4H3,(H,22,23). The molecule has 3 atom stereocenters. The molecule has 0 radical (unpaired) electrons. The van der Waals surface area contributed by atoms with E-state index in [1.807, 2.05) is 25.1 Å². The number of halogens is 1. The van der Waals surface area contributed by atoms with E-state index in [0.29, 0.717) is 11.3 Å². The first-order valence-electron chi connectivity index (χ1n) is 7.63. The van der Waals surface area contributed by atoms with Gasteiger partial charge in [0, 0.05) is 23.2 Å². The number of ether oxygens (including phenoxy) is 1. The van der Waals surface area contributed by atoms with E-state index in [1.165, 1.54) is 0 Å². The fourth-order valence-corrected chi connectivity index (χ4v) is 4.08. The number of carbonyl (C=O) groups is 1. The van der Waals surface area contributed by atoms with Crippen LogP contribution in [-0.4, -0.2) is 30.8 Å². The zero-order chi connectivity index (χ0) is 18.1. The zero-order valence-corrected chi connectivity index (χ0v) is 15.8. The second kappa shape index (κ2) is 6.96. The molecule has 24 heavy (non-hydrogen) atoms. The summed E-state index contributed by atoms with van der Waals surface area (Å²) in [6, 6.07) is 7.52. The molecule has 0 aromatic heterocycles. The Kier molecular flexibility index (Phi) is 5.36. The van der Waals surface area contributed by atoms with Crippen LogP contribution < -0.4 is 5.32 Å². The first kappa shape index (κ1) is 18.5. The van der Waals surface area contributed by atoms with Crippen molar-refractivity contribution in [3.05, 3.63) is 45.1 Å². The number of nitrogens with zero attached hydrogens (tertiary/aromatic N) is 1.